The lowest BCUT2D eigenvalue weighted by Gasteiger charge is -2.48. The number of carbonyl (C=O) groups is 1. The largest absolute Gasteiger partial charge is 0.475 e. The summed E-state index contributed by atoms with van der Waals surface area (Å²) < 4.78 is 36.1. The third kappa shape index (κ3) is 5.38. The maximum atomic E-state index is 14.2. The van der Waals surface area contributed by atoms with Crippen molar-refractivity contribution in [3.8, 4) is 17.1 Å². The lowest BCUT2D eigenvalue weighted by atomic mass is 9.75. The minimum Gasteiger partial charge on any atom is -0.475 e. The number of rotatable bonds is 4. The number of fused-ring (bicyclic) bond motifs is 4. The van der Waals surface area contributed by atoms with Gasteiger partial charge in [0, 0.05) is 22.7 Å². The second-order valence-corrected chi connectivity index (χ2v) is 14.7. The third-order valence-corrected chi connectivity index (χ3v) is 10.2. The van der Waals surface area contributed by atoms with Crippen LogP contribution in [0.1, 0.15) is 73.0 Å². The highest BCUT2D eigenvalue weighted by Gasteiger charge is 2.56. The molecule has 2 N–H and O–H groups in total. The van der Waals surface area contributed by atoms with Gasteiger partial charge in [0.15, 0.2) is 0 Å². The fraction of sp³-hybridized carbons (Fsp3) is 0.469. The molecule has 1 aliphatic heterocycles. The Balaban J connectivity index is 1.52. The second-order valence-electron chi connectivity index (χ2n) is 13.0. The molecule has 0 unspecified atom stereocenters. The van der Waals surface area contributed by atoms with E-state index in [-0.39, 0.29) is 47.3 Å². The molecule has 6 rings (SSSR count). The number of hydrogen-bond donors (Lipinski definition) is 2. The summed E-state index contributed by atoms with van der Waals surface area (Å²) in [5.74, 6) is -0.156. The molecule has 0 radical (unpaired) electrons. The van der Waals surface area contributed by atoms with Crippen LogP contribution in [0, 0.1) is 26.2 Å². The van der Waals surface area contributed by atoms with Crippen LogP contribution in [0.25, 0.3) is 11.3 Å². The van der Waals surface area contributed by atoms with E-state index in [1.54, 1.807) is 26.0 Å². The molecule has 1 atom stereocenters. The van der Waals surface area contributed by atoms with E-state index in [0.29, 0.717) is 16.7 Å². The van der Waals surface area contributed by atoms with Gasteiger partial charge < -0.3 is 14.7 Å². The van der Waals surface area contributed by atoms with Gasteiger partial charge in [-0.15, -0.1) is 0 Å². The maximum Gasteiger partial charge on any atom is 0.264 e. The monoisotopic (exact) mass is 590 g/mol. The number of benzene rings is 2. The molecule has 9 nitrogen and oxygen atoms in total. The lowest BCUT2D eigenvalue weighted by molar-refractivity contribution is -0.0170. The van der Waals surface area contributed by atoms with Gasteiger partial charge in [-0.3, -0.25) is 4.79 Å². The molecule has 42 heavy (non-hydrogen) atoms. The molecule has 1 spiro atoms. The Morgan fingerprint density at radius 1 is 1.07 bits per heavy atom. The van der Waals surface area contributed by atoms with Crippen LogP contribution in [-0.4, -0.2) is 58.6 Å². The fourth-order valence-electron chi connectivity index (χ4n) is 6.58. The van der Waals surface area contributed by atoms with Crippen LogP contribution < -0.4 is 9.46 Å². The summed E-state index contributed by atoms with van der Waals surface area (Å²) in [6.45, 7) is 9.35. The van der Waals surface area contributed by atoms with Crippen molar-refractivity contribution in [1.29, 1.82) is 0 Å². The van der Waals surface area contributed by atoms with E-state index in [1.807, 2.05) is 43.9 Å². The van der Waals surface area contributed by atoms with Crippen LogP contribution in [-0.2, 0) is 10.0 Å². The first-order chi connectivity index (χ1) is 19.8. The Hall–Kier alpha value is -3.50. The summed E-state index contributed by atoms with van der Waals surface area (Å²) in [7, 11) is -4.14. The maximum absolute atomic E-state index is 14.2. The van der Waals surface area contributed by atoms with Gasteiger partial charge in [-0.1, -0.05) is 24.3 Å². The predicted octanol–water partition coefficient (Wildman–Crippen LogP) is 5.18. The number of amides is 1. The molecule has 2 aromatic carbocycles. The van der Waals surface area contributed by atoms with Crippen molar-refractivity contribution < 1.29 is 23.1 Å². The zero-order valence-corrected chi connectivity index (χ0v) is 25.6. The first-order valence-electron chi connectivity index (χ1n) is 14.5. The Morgan fingerprint density at radius 2 is 1.74 bits per heavy atom. The van der Waals surface area contributed by atoms with Crippen LogP contribution in [0.4, 0.5) is 5.95 Å². The van der Waals surface area contributed by atoms with Crippen molar-refractivity contribution in [2.24, 2.45) is 5.41 Å². The van der Waals surface area contributed by atoms with Crippen LogP contribution in [0.3, 0.4) is 0 Å². The number of aliphatic hydroxyl groups is 1. The summed E-state index contributed by atoms with van der Waals surface area (Å²) in [5.41, 5.74) is 3.59. The molecule has 2 fully saturated rings. The van der Waals surface area contributed by atoms with Gasteiger partial charge in [-0.2, -0.15) is 4.98 Å². The van der Waals surface area contributed by atoms with Crippen molar-refractivity contribution >= 4 is 21.9 Å². The van der Waals surface area contributed by atoms with Crippen molar-refractivity contribution in [1.82, 2.24) is 14.9 Å². The number of carbonyl (C=O) groups excluding carboxylic acids is 1. The Bertz CT molecular complexity index is 1650. The first kappa shape index (κ1) is 28.6. The SMILES string of the molecule is Cc1cccc(C)c1-c1nc2nc(c1C)OC[C@@H](CC(C)(C)O)N(C1CC3(CC3)C1)C(=O)c1cccc(c1)S(=O)(=O)N2. The van der Waals surface area contributed by atoms with Crippen molar-refractivity contribution in [2.45, 2.75) is 89.3 Å². The van der Waals surface area contributed by atoms with E-state index in [2.05, 4.69) is 14.7 Å². The van der Waals surface area contributed by atoms with Gasteiger partial charge >= 0.3 is 0 Å². The molecule has 2 saturated carbocycles. The van der Waals surface area contributed by atoms with Gasteiger partial charge in [-0.25, -0.2) is 18.1 Å². The smallest absolute Gasteiger partial charge is 0.264 e. The molecule has 4 bridgehead atoms. The number of nitrogens with one attached hydrogen (secondary N) is 1. The molecule has 3 aliphatic rings. The first-order valence-corrected chi connectivity index (χ1v) is 16.0. The zero-order valence-electron chi connectivity index (χ0n) is 24.8. The molecule has 10 heteroatoms. The quantitative estimate of drug-likeness (QED) is 0.430. The van der Waals surface area contributed by atoms with E-state index in [9.17, 15) is 18.3 Å². The van der Waals surface area contributed by atoms with Crippen LogP contribution in [0.15, 0.2) is 47.4 Å². The minimum atomic E-state index is -4.14. The fourth-order valence-corrected chi connectivity index (χ4v) is 7.57. The molecule has 1 aromatic heterocycles. The highest BCUT2D eigenvalue weighted by molar-refractivity contribution is 7.92. The number of aromatic nitrogens is 2. The highest BCUT2D eigenvalue weighted by atomic mass is 32.2. The second kappa shape index (κ2) is 10.1. The van der Waals surface area contributed by atoms with Gasteiger partial charge in [0.05, 0.1) is 22.2 Å². The average molecular weight is 591 g/mol. The Kier molecular flexibility index (Phi) is 6.85. The van der Waals surface area contributed by atoms with Crippen molar-refractivity contribution in [3.63, 3.8) is 0 Å². The van der Waals surface area contributed by atoms with Crippen molar-refractivity contribution in [2.75, 3.05) is 11.3 Å². The van der Waals surface area contributed by atoms with Crippen molar-refractivity contribution in [3.05, 3.63) is 64.7 Å². The van der Waals surface area contributed by atoms with Crippen LogP contribution >= 0.6 is 0 Å². The summed E-state index contributed by atoms with van der Waals surface area (Å²) in [4.78, 5) is 25.2. The number of sulfonamides is 1. The number of ether oxygens (including phenoxy) is 1. The highest BCUT2D eigenvalue weighted by Crippen LogP contribution is 2.62. The summed E-state index contributed by atoms with van der Waals surface area (Å²) in [6, 6.07) is 11.5. The van der Waals surface area contributed by atoms with Gasteiger partial charge in [0.1, 0.15) is 6.61 Å². The summed E-state index contributed by atoms with van der Waals surface area (Å²) in [5, 5.41) is 10.9. The Labute approximate surface area is 247 Å². The van der Waals surface area contributed by atoms with Gasteiger partial charge in [-0.05, 0) is 101 Å². The van der Waals surface area contributed by atoms with Crippen LogP contribution in [0.5, 0.6) is 5.88 Å². The lowest BCUT2D eigenvalue weighted by Crippen LogP contribution is -2.56. The standard InChI is InChI=1S/C32H38N4O5S/c1-19-8-6-9-20(2)26(19)27-21(3)28-34-30(33-27)35-42(39,40)25-11-7-10-22(14-25)29(37)36(23-16-32(17-23)12-13-32)24(18-41-28)15-31(4,5)38/h6-11,14,23-24,38H,12-13,15-18H2,1-5H3,(H,33,34,35)/t24-/m1/s1. The average Bonchev–Trinajstić information content (AvgIpc) is 3.69. The van der Waals surface area contributed by atoms with Gasteiger partial charge in [0.25, 0.3) is 15.9 Å². The van der Waals surface area contributed by atoms with E-state index in [1.165, 1.54) is 25.0 Å². The van der Waals surface area contributed by atoms with E-state index < -0.39 is 21.7 Å². The molecule has 0 saturated heterocycles. The molecule has 2 heterocycles. The molecule has 1 amide bonds. The zero-order chi connectivity index (χ0) is 30.0. The molecular weight excluding hydrogens is 552 g/mol. The summed E-state index contributed by atoms with van der Waals surface area (Å²) in [6.07, 6.45) is 4.41. The number of aryl methyl sites for hydroxylation is 2. The van der Waals surface area contributed by atoms with Gasteiger partial charge in [0.2, 0.25) is 11.8 Å². The molecule has 2 aliphatic carbocycles. The van der Waals surface area contributed by atoms with E-state index in [4.69, 9.17) is 4.74 Å². The Morgan fingerprint density at radius 3 is 2.38 bits per heavy atom. The molecular formula is C32H38N4O5S. The summed E-state index contributed by atoms with van der Waals surface area (Å²) >= 11 is 0. The van der Waals surface area contributed by atoms with E-state index in [0.717, 1.165) is 29.5 Å². The minimum absolute atomic E-state index is 0.0216. The molecule has 222 valence electrons. The molecule has 3 aromatic rings. The van der Waals surface area contributed by atoms with E-state index >= 15 is 0 Å². The third-order valence-electron chi connectivity index (χ3n) is 8.90. The number of nitrogens with zero attached hydrogens (tertiary/aromatic N) is 3. The van der Waals surface area contributed by atoms with Crippen LogP contribution in [0.2, 0.25) is 0 Å². The number of hydrogen-bond acceptors (Lipinski definition) is 7. The topological polar surface area (TPSA) is 122 Å². The number of anilines is 1. The normalized spacial score (nSPS) is 21.3. The predicted molar refractivity (Wildman–Crippen MR) is 160 cm³/mol.